The molecular formula is C29H25N3O6S2. The number of sulfonamides is 1. The maximum absolute atomic E-state index is 14.2. The predicted molar refractivity (Wildman–Crippen MR) is 152 cm³/mol. The summed E-state index contributed by atoms with van der Waals surface area (Å²) in [6.07, 6.45) is 1.04. The summed E-state index contributed by atoms with van der Waals surface area (Å²) in [5, 5.41) is 0.659. The summed E-state index contributed by atoms with van der Waals surface area (Å²) in [5.41, 5.74) is 2.56. The molecule has 2 heterocycles. The van der Waals surface area contributed by atoms with Gasteiger partial charge in [-0.3, -0.25) is 4.79 Å². The van der Waals surface area contributed by atoms with Crippen LogP contribution < -0.4 is 9.46 Å². The van der Waals surface area contributed by atoms with Crippen molar-refractivity contribution in [3.63, 3.8) is 0 Å². The van der Waals surface area contributed by atoms with Gasteiger partial charge in [-0.2, -0.15) is 0 Å². The first-order chi connectivity index (χ1) is 19.1. The first kappa shape index (κ1) is 27.1. The van der Waals surface area contributed by atoms with Crippen LogP contribution in [-0.4, -0.2) is 45.1 Å². The van der Waals surface area contributed by atoms with Crippen LogP contribution in [0.2, 0.25) is 0 Å². The summed E-state index contributed by atoms with van der Waals surface area (Å²) in [6, 6.07) is 27.3. The van der Waals surface area contributed by atoms with E-state index in [1.807, 2.05) is 35.1 Å². The Morgan fingerprint density at radius 2 is 1.55 bits per heavy atom. The third kappa shape index (κ3) is 5.33. The summed E-state index contributed by atoms with van der Waals surface area (Å²) in [7, 11) is -6.35. The SMILES string of the molecule is COc1ccc2c(Cc3cccc(C(=O)NS(C)(=O)=O)n3)c(-c3ccccc3)n(S(=O)(=O)c3ccccc3)c2c1. The second-order valence-electron chi connectivity index (χ2n) is 9.05. The average Bonchev–Trinajstić information content (AvgIpc) is 3.27. The van der Waals surface area contributed by atoms with Crippen LogP contribution in [0.15, 0.2) is 102 Å². The molecule has 1 amide bonds. The van der Waals surface area contributed by atoms with E-state index in [1.54, 1.807) is 60.7 Å². The summed E-state index contributed by atoms with van der Waals surface area (Å²) < 4.78 is 60.2. The number of amides is 1. The Kier molecular flexibility index (Phi) is 7.17. The van der Waals surface area contributed by atoms with Gasteiger partial charge in [0.15, 0.2) is 0 Å². The van der Waals surface area contributed by atoms with E-state index in [1.165, 1.54) is 17.1 Å². The molecule has 5 aromatic rings. The van der Waals surface area contributed by atoms with Crippen molar-refractivity contribution in [3.05, 3.63) is 114 Å². The molecule has 0 fully saturated rings. The smallest absolute Gasteiger partial charge is 0.283 e. The summed E-state index contributed by atoms with van der Waals surface area (Å²) in [5.74, 6) is -0.371. The molecule has 0 aliphatic rings. The lowest BCUT2D eigenvalue weighted by molar-refractivity contribution is 0.0976. The van der Waals surface area contributed by atoms with Gasteiger partial charge in [-0.25, -0.2) is 30.5 Å². The largest absolute Gasteiger partial charge is 0.497 e. The molecule has 0 radical (unpaired) electrons. The van der Waals surface area contributed by atoms with Crippen LogP contribution in [0.4, 0.5) is 0 Å². The zero-order chi connectivity index (χ0) is 28.5. The highest BCUT2D eigenvalue weighted by molar-refractivity contribution is 7.90. The van der Waals surface area contributed by atoms with Crippen molar-refractivity contribution in [2.45, 2.75) is 11.3 Å². The van der Waals surface area contributed by atoms with Gasteiger partial charge in [0.25, 0.3) is 15.9 Å². The number of nitrogens with zero attached hydrogens (tertiary/aromatic N) is 2. The molecule has 11 heteroatoms. The molecule has 40 heavy (non-hydrogen) atoms. The Morgan fingerprint density at radius 1 is 0.875 bits per heavy atom. The van der Waals surface area contributed by atoms with E-state index in [4.69, 9.17) is 4.74 Å². The lowest BCUT2D eigenvalue weighted by Crippen LogP contribution is -2.30. The number of pyridine rings is 1. The van der Waals surface area contributed by atoms with E-state index in [9.17, 15) is 21.6 Å². The number of hydrogen-bond donors (Lipinski definition) is 1. The topological polar surface area (TPSA) is 124 Å². The molecule has 0 saturated heterocycles. The zero-order valence-corrected chi connectivity index (χ0v) is 23.2. The second kappa shape index (κ2) is 10.6. The Hall–Kier alpha value is -4.48. The van der Waals surface area contributed by atoms with Crippen molar-refractivity contribution in [2.75, 3.05) is 13.4 Å². The number of ether oxygens (including phenoxy) is 1. The fourth-order valence-electron chi connectivity index (χ4n) is 4.55. The number of hydrogen-bond acceptors (Lipinski definition) is 7. The average molecular weight is 576 g/mol. The van der Waals surface area contributed by atoms with E-state index in [0.29, 0.717) is 39.2 Å². The molecule has 5 rings (SSSR count). The third-order valence-corrected chi connectivity index (χ3v) is 8.53. The molecule has 0 spiro atoms. The van der Waals surface area contributed by atoms with Crippen LogP contribution in [0.5, 0.6) is 5.75 Å². The van der Waals surface area contributed by atoms with Gasteiger partial charge >= 0.3 is 0 Å². The van der Waals surface area contributed by atoms with Gasteiger partial charge < -0.3 is 4.74 Å². The zero-order valence-electron chi connectivity index (χ0n) is 21.6. The van der Waals surface area contributed by atoms with Gasteiger partial charge in [0.05, 0.1) is 29.5 Å². The van der Waals surface area contributed by atoms with Gasteiger partial charge in [-0.05, 0) is 47.5 Å². The number of fused-ring (bicyclic) bond motifs is 1. The Balaban J connectivity index is 1.78. The minimum atomic E-state index is -4.07. The van der Waals surface area contributed by atoms with Crippen LogP contribution in [0.3, 0.4) is 0 Å². The van der Waals surface area contributed by atoms with Crippen molar-refractivity contribution in [1.82, 2.24) is 13.7 Å². The molecule has 0 bridgehead atoms. The van der Waals surface area contributed by atoms with E-state index in [2.05, 4.69) is 4.98 Å². The number of carbonyl (C=O) groups is 1. The number of nitrogens with one attached hydrogen (secondary N) is 1. The van der Waals surface area contributed by atoms with Crippen LogP contribution in [-0.2, 0) is 26.5 Å². The standard InChI is InChI=1S/C29H25N3O6S2/c1-38-22-16-17-24-25(18-21-12-9-15-26(30-21)29(33)31-39(2,34)35)28(20-10-5-3-6-11-20)32(27(24)19-22)40(36,37)23-13-7-4-8-14-23/h3-17,19H,18H2,1-2H3,(H,31,33). The molecule has 0 saturated carbocycles. The molecule has 0 aliphatic heterocycles. The van der Waals surface area contributed by atoms with Crippen molar-refractivity contribution >= 4 is 36.9 Å². The number of carbonyl (C=O) groups excluding carboxylic acids is 1. The van der Waals surface area contributed by atoms with Gasteiger partial charge in [-0.15, -0.1) is 0 Å². The van der Waals surface area contributed by atoms with E-state index in [-0.39, 0.29) is 17.0 Å². The van der Waals surface area contributed by atoms with Gasteiger partial charge in [0.1, 0.15) is 11.4 Å². The first-order valence-electron chi connectivity index (χ1n) is 12.1. The van der Waals surface area contributed by atoms with Crippen LogP contribution >= 0.6 is 0 Å². The van der Waals surface area contributed by atoms with Crippen molar-refractivity contribution in [3.8, 4) is 17.0 Å². The molecule has 2 aromatic heterocycles. The second-order valence-corrected chi connectivity index (χ2v) is 12.6. The number of benzene rings is 3. The van der Waals surface area contributed by atoms with Gasteiger partial charge in [-0.1, -0.05) is 54.6 Å². The third-order valence-electron chi connectivity index (χ3n) is 6.24. The highest BCUT2D eigenvalue weighted by Crippen LogP contribution is 2.39. The first-order valence-corrected chi connectivity index (χ1v) is 15.5. The lowest BCUT2D eigenvalue weighted by atomic mass is 10.0. The number of aromatic nitrogens is 2. The Bertz CT molecular complexity index is 1940. The van der Waals surface area contributed by atoms with Crippen LogP contribution in [0.25, 0.3) is 22.2 Å². The molecule has 0 atom stereocenters. The van der Waals surface area contributed by atoms with Gasteiger partial charge in [0.2, 0.25) is 10.0 Å². The lowest BCUT2D eigenvalue weighted by Gasteiger charge is -2.14. The molecule has 9 nitrogen and oxygen atoms in total. The van der Waals surface area contributed by atoms with E-state index < -0.39 is 26.0 Å². The minimum Gasteiger partial charge on any atom is -0.497 e. The Labute approximate surface area is 232 Å². The predicted octanol–water partition coefficient (Wildman–Crippen LogP) is 4.23. The highest BCUT2D eigenvalue weighted by atomic mass is 32.2. The molecule has 204 valence electrons. The van der Waals surface area contributed by atoms with Crippen LogP contribution in [0.1, 0.15) is 21.7 Å². The molecule has 0 unspecified atom stereocenters. The monoisotopic (exact) mass is 575 g/mol. The van der Waals surface area contributed by atoms with Crippen molar-refractivity contribution in [2.24, 2.45) is 0 Å². The van der Waals surface area contributed by atoms with E-state index in [0.717, 1.165) is 6.26 Å². The maximum atomic E-state index is 14.2. The summed E-state index contributed by atoms with van der Waals surface area (Å²) in [6.45, 7) is 0. The quantitative estimate of drug-likeness (QED) is 0.294. The highest BCUT2D eigenvalue weighted by Gasteiger charge is 2.28. The Morgan fingerprint density at radius 3 is 2.20 bits per heavy atom. The molecule has 3 aromatic carbocycles. The fraction of sp³-hybridized carbons (Fsp3) is 0.103. The molecule has 0 aliphatic carbocycles. The molecular weight excluding hydrogens is 550 g/mol. The van der Waals surface area contributed by atoms with E-state index >= 15 is 0 Å². The number of rotatable bonds is 8. The normalized spacial score (nSPS) is 11.8. The minimum absolute atomic E-state index is 0.0773. The number of methoxy groups -OCH3 is 1. The summed E-state index contributed by atoms with van der Waals surface area (Å²) >= 11 is 0. The van der Waals surface area contributed by atoms with Gasteiger partial charge in [0, 0.05) is 23.6 Å². The maximum Gasteiger partial charge on any atom is 0.283 e. The molecule has 1 N–H and O–H groups in total. The van der Waals surface area contributed by atoms with Crippen molar-refractivity contribution in [1.29, 1.82) is 0 Å². The fourth-order valence-corrected chi connectivity index (χ4v) is 6.57. The van der Waals surface area contributed by atoms with Crippen LogP contribution in [0, 0.1) is 0 Å². The van der Waals surface area contributed by atoms with Crippen molar-refractivity contribution < 1.29 is 26.4 Å². The summed E-state index contributed by atoms with van der Waals surface area (Å²) in [4.78, 5) is 17.0.